The van der Waals surface area contributed by atoms with Gasteiger partial charge in [0.2, 0.25) is 15.9 Å². The minimum Gasteiger partial charge on any atom is -0.497 e. The largest absolute Gasteiger partial charge is 0.497 e. The summed E-state index contributed by atoms with van der Waals surface area (Å²) in [4.78, 5) is 4.46. The van der Waals surface area contributed by atoms with Gasteiger partial charge in [-0.2, -0.15) is 9.40 Å². The van der Waals surface area contributed by atoms with Crippen LogP contribution in [-0.2, 0) is 30.0 Å². The van der Waals surface area contributed by atoms with E-state index in [4.69, 9.17) is 9.15 Å². The van der Waals surface area contributed by atoms with Gasteiger partial charge in [-0.15, -0.1) is 0 Å². The SMILES string of the molecule is COc1cccc(S(=O)(=O)N2CCc3c(c(-c4ncc(C)o4)nn3C)C2)c1. The average Bonchev–Trinajstić information content (AvgIpc) is 3.25. The van der Waals surface area contributed by atoms with Crippen molar-refractivity contribution < 1.29 is 17.6 Å². The highest BCUT2D eigenvalue weighted by molar-refractivity contribution is 7.89. The van der Waals surface area contributed by atoms with Gasteiger partial charge in [0, 0.05) is 43.9 Å². The molecule has 142 valence electrons. The van der Waals surface area contributed by atoms with Crippen LogP contribution in [0.3, 0.4) is 0 Å². The molecule has 9 heteroatoms. The number of hydrogen-bond acceptors (Lipinski definition) is 6. The molecule has 0 fully saturated rings. The molecule has 3 aromatic rings. The van der Waals surface area contributed by atoms with Gasteiger partial charge in [0.25, 0.3) is 0 Å². The second kappa shape index (κ2) is 6.50. The summed E-state index contributed by atoms with van der Waals surface area (Å²) in [7, 11) is -0.292. The molecule has 0 saturated heterocycles. The number of fused-ring (bicyclic) bond motifs is 1. The molecule has 0 unspecified atom stereocenters. The van der Waals surface area contributed by atoms with Crippen LogP contribution in [0.15, 0.2) is 39.8 Å². The first-order chi connectivity index (χ1) is 12.9. The molecular weight excluding hydrogens is 368 g/mol. The lowest BCUT2D eigenvalue weighted by atomic mass is 10.1. The number of aromatic nitrogens is 3. The van der Waals surface area contributed by atoms with Gasteiger partial charge >= 0.3 is 0 Å². The van der Waals surface area contributed by atoms with Gasteiger partial charge in [-0.05, 0) is 19.1 Å². The first-order valence-electron chi connectivity index (χ1n) is 8.52. The smallest absolute Gasteiger partial charge is 0.247 e. The number of nitrogens with zero attached hydrogens (tertiary/aromatic N) is 4. The second-order valence-electron chi connectivity index (χ2n) is 6.44. The van der Waals surface area contributed by atoms with E-state index in [9.17, 15) is 8.42 Å². The molecule has 0 bridgehead atoms. The lowest BCUT2D eigenvalue weighted by molar-refractivity contribution is 0.384. The number of rotatable bonds is 4. The summed E-state index contributed by atoms with van der Waals surface area (Å²) in [5, 5.41) is 4.51. The summed E-state index contributed by atoms with van der Waals surface area (Å²) < 4.78 is 40.3. The summed E-state index contributed by atoms with van der Waals surface area (Å²) in [6.07, 6.45) is 2.20. The third-order valence-corrected chi connectivity index (χ3v) is 6.55. The molecule has 3 heterocycles. The maximum atomic E-state index is 13.1. The van der Waals surface area contributed by atoms with Crippen LogP contribution in [0.4, 0.5) is 0 Å². The Bertz CT molecular complexity index is 1100. The molecule has 2 aromatic heterocycles. The Hall–Kier alpha value is -2.65. The van der Waals surface area contributed by atoms with E-state index >= 15 is 0 Å². The number of aryl methyl sites for hydroxylation is 2. The van der Waals surface area contributed by atoms with Crippen LogP contribution < -0.4 is 4.74 Å². The van der Waals surface area contributed by atoms with Crippen molar-refractivity contribution in [1.29, 1.82) is 0 Å². The van der Waals surface area contributed by atoms with Crippen molar-refractivity contribution in [3.8, 4) is 17.3 Å². The average molecular weight is 388 g/mol. The monoisotopic (exact) mass is 388 g/mol. The van der Waals surface area contributed by atoms with E-state index in [2.05, 4.69) is 10.1 Å². The Morgan fingerprint density at radius 3 is 2.81 bits per heavy atom. The molecule has 0 radical (unpaired) electrons. The lowest BCUT2D eigenvalue weighted by Crippen LogP contribution is -2.36. The summed E-state index contributed by atoms with van der Waals surface area (Å²) >= 11 is 0. The van der Waals surface area contributed by atoms with Crippen LogP contribution in [0, 0.1) is 6.92 Å². The fraction of sp³-hybridized carbons (Fsp3) is 0.333. The van der Waals surface area contributed by atoms with E-state index in [1.807, 2.05) is 14.0 Å². The van der Waals surface area contributed by atoms with Gasteiger partial charge < -0.3 is 9.15 Å². The van der Waals surface area contributed by atoms with Crippen molar-refractivity contribution in [2.24, 2.45) is 7.05 Å². The first kappa shape index (κ1) is 17.7. The van der Waals surface area contributed by atoms with Crippen molar-refractivity contribution in [3.63, 3.8) is 0 Å². The third kappa shape index (κ3) is 3.02. The molecule has 0 amide bonds. The molecule has 1 aliphatic rings. The molecular formula is C18H20N4O4S. The van der Waals surface area contributed by atoms with Crippen LogP contribution >= 0.6 is 0 Å². The van der Waals surface area contributed by atoms with Gasteiger partial charge in [0.15, 0.2) is 5.69 Å². The molecule has 27 heavy (non-hydrogen) atoms. The highest BCUT2D eigenvalue weighted by atomic mass is 32.2. The molecule has 4 rings (SSSR count). The minimum absolute atomic E-state index is 0.211. The van der Waals surface area contributed by atoms with Crippen molar-refractivity contribution in [1.82, 2.24) is 19.1 Å². The zero-order valence-corrected chi connectivity index (χ0v) is 16.2. The highest BCUT2D eigenvalue weighted by Crippen LogP contribution is 2.32. The molecule has 0 N–H and O–H groups in total. The van der Waals surface area contributed by atoms with Crippen molar-refractivity contribution in [3.05, 3.63) is 47.5 Å². The number of methoxy groups -OCH3 is 1. The molecule has 0 aliphatic carbocycles. The predicted molar refractivity (Wildman–Crippen MR) is 97.7 cm³/mol. The Labute approximate surface area is 157 Å². The lowest BCUT2D eigenvalue weighted by Gasteiger charge is -2.26. The minimum atomic E-state index is -3.66. The summed E-state index contributed by atoms with van der Waals surface area (Å²) in [5.74, 6) is 1.59. The molecule has 0 saturated carbocycles. The van der Waals surface area contributed by atoms with Crippen LogP contribution in [0.2, 0.25) is 0 Å². The van der Waals surface area contributed by atoms with E-state index < -0.39 is 10.0 Å². The maximum Gasteiger partial charge on any atom is 0.247 e. The topological polar surface area (TPSA) is 90.5 Å². The summed E-state index contributed by atoms with van der Waals surface area (Å²) in [6.45, 7) is 2.42. The number of benzene rings is 1. The van der Waals surface area contributed by atoms with E-state index in [1.165, 1.54) is 17.5 Å². The first-order valence-corrected chi connectivity index (χ1v) is 9.96. The third-order valence-electron chi connectivity index (χ3n) is 4.71. The molecule has 0 atom stereocenters. The zero-order valence-electron chi connectivity index (χ0n) is 15.3. The maximum absolute atomic E-state index is 13.1. The number of ether oxygens (including phenoxy) is 1. The van der Waals surface area contributed by atoms with E-state index in [0.29, 0.717) is 36.1 Å². The summed E-state index contributed by atoms with van der Waals surface area (Å²) in [5.41, 5.74) is 2.42. The molecule has 0 spiro atoms. The van der Waals surface area contributed by atoms with Gasteiger partial charge in [-0.1, -0.05) is 6.07 Å². The van der Waals surface area contributed by atoms with E-state index in [1.54, 1.807) is 29.1 Å². The predicted octanol–water partition coefficient (Wildman–Crippen LogP) is 2.14. The fourth-order valence-corrected chi connectivity index (χ4v) is 4.76. The van der Waals surface area contributed by atoms with Crippen LogP contribution in [0.5, 0.6) is 5.75 Å². The van der Waals surface area contributed by atoms with Crippen LogP contribution in [0.25, 0.3) is 11.6 Å². The molecule has 1 aromatic carbocycles. The van der Waals surface area contributed by atoms with Gasteiger partial charge in [0.1, 0.15) is 11.5 Å². The normalized spacial score (nSPS) is 14.9. The van der Waals surface area contributed by atoms with Gasteiger partial charge in [0.05, 0.1) is 18.2 Å². The Kier molecular flexibility index (Phi) is 4.27. The van der Waals surface area contributed by atoms with Gasteiger partial charge in [-0.25, -0.2) is 13.4 Å². The van der Waals surface area contributed by atoms with Gasteiger partial charge in [-0.3, -0.25) is 4.68 Å². The number of sulfonamides is 1. The Morgan fingerprint density at radius 2 is 2.11 bits per heavy atom. The molecule has 8 nitrogen and oxygen atoms in total. The fourth-order valence-electron chi connectivity index (χ4n) is 3.32. The Balaban J connectivity index is 1.72. The summed E-state index contributed by atoms with van der Waals surface area (Å²) in [6, 6.07) is 6.50. The van der Waals surface area contributed by atoms with E-state index in [0.717, 1.165) is 11.3 Å². The zero-order chi connectivity index (χ0) is 19.2. The van der Waals surface area contributed by atoms with Crippen molar-refractivity contribution in [2.75, 3.05) is 13.7 Å². The van der Waals surface area contributed by atoms with Crippen molar-refractivity contribution in [2.45, 2.75) is 24.8 Å². The quantitative estimate of drug-likeness (QED) is 0.680. The molecule has 1 aliphatic heterocycles. The van der Waals surface area contributed by atoms with E-state index in [-0.39, 0.29) is 11.4 Å². The van der Waals surface area contributed by atoms with Crippen LogP contribution in [0.1, 0.15) is 17.0 Å². The number of oxazole rings is 1. The number of hydrogen-bond donors (Lipinski definition) is 0. The van der Waals surface area contributed by atoms with Crippen molar-refractivity contribution >= 4 is 10.0 Å². The second-order valence-corrected chi connectivity index (χ2v) is 8.38. The highest BCUT2D eigenvalue weighted by Gasteiger charge is 2.33. The Morgan fingerprint density at radius 1 is 1.30 bits per heavy atom. The standard InChI is InChI=1S/C18H20N4O4S/c1-12-10-19-18(26-12)17-15-11-22(8-7-16(15)21(2)20-17)27(23,24)14-6-4-5-13(9-14)25-3/h4-6,9-10H,7-8,11H2,1-3H3. The van der Waals surface area contributed by atoms with Crippen LogP contribution in [-0.4, -0.2) is 41.1 Å².